The summed E-state index contributed by atoms with van der Waals surface area (Å²) in [5, 5.41) is 7.95. The van der Waals surface area contributed by atoms with Gasteiger partial charge in [0.05, 0.1) is 24.9 Å². The summed E-state index contributed by atoms with van der Waals surface area (Å²) in [6.45, 7) is 2.05. The minimum absolute atomic E-state index is 0.373. The molecule has 0 aliphatic carbocycles. The van der Waals surface area contributed by atoms with Gasteiger partial charge in [0.1, 0.15) is 17.1 Å². The number of nitrogen functional groups attached to an aromatic ring is 1. The third kappa shape index (κ3) is 3.31. The number of nitrogens with two attached hydrogens (primary N) is 1. The first-order valence-corrected chi connectivity index (χ1v) is 9.67. The molecule has 148 valence electrons. The first-order chi connectivity index (χ1) is 14.2. The van der Waals surface area contributed by atoms with Crippen LogP contribution in [0.4, 0.5) is 5.82 Å². The first kappa shape index (κ1) is 17.7. The smallest absolute Gasteiger partial charge is 0.231 e. The van der Waals surface area contributed by atoms with Crippen LogP contribution in [0.1, 0.15) is 18.9 Å². The molecule has 4 aromatic rings. The Morgan fingerprint density at radius 1 is 1.17 bits per heavy atom. The largest absolute Gasteiger partial charge is 0.497 e. The first-order valence-electron chi connectivity index (χ1n) is 9.67. The highest BCUT2D eigenvalue weighted by molar-refractivity contribution is 5.81. The van der Waals surface area contributed by atoms with Crippen LogP contribution in [-0.4, -0.2) is 39.9 Å². The number of aromatic nitrogens is 4. The molecule has 1 aliphatic rings. The Labute approximate surface area is 167 Å². The van der Waals surface area contributed by atoms with E-state index in [0.717, 1.165) is 42.6 Å². The van der Waals surface area contributed by atoms with Crippen LogP contribution in [0.25, 0.3) is 33.7 Å². The van der Waals surface area contributed by atoms with Crippen molar-refractivity contribution in [2.75, 3.05) is 25.9 Å². The summed E-state index contributed by atoms with van der Waals surface area (Å²) in [5.74, 6) is 1.52. The highest BCUT2D eigenvalue weighted by Gasteiger charge is 2.18. The van der Waals surface area contributed by atoms with Gasteiger partial charge in [0.2, 0.25) is 5.89 Å². The Morgan fingerprint density at radius 2 is 2.03 bits per heavy atom. The number of benzene rings is 1. The van der Waals surface area contributed by atoms with Crippen molar-refractivity contribution < 1.29 is 9.15 Å². The second kappa shape index (κ2) is 7.21. The third-order valence-electron chi connectivity index (χ3n) is 5.36. The van der Waals surface area contributed by atoms with E-state index in [1.807, 2.05) is 30.5 Å². The summed E-state index contributed by atoms with van der Waals surface area (Å²) >= 11 is 0. The number of piperidine rings is 1. The van der Waals surface area contributed by atoms with Crippen molar-refractivity contribution in [1.82, 2.24) is 25.1 Å². The lowest BCUT2D eigenvalue weighted by Gasteiger charge is -2.22. The van der Waals surface area contributed by atoms with Crippen molar-refractivity contribution in [1.29, 1.82) is 0 Å². The van der Waals surface area contributed by atoms with Crippen LogP contribution in [-0.2, 0) is 0 Å². The lowest BCUT2D eigenvalue weighted by Crippen LogP contribution is -2.29. The number of nitrogens with zero attached hydrogens (tertiary/aromatic N) is 4. The monoisotopic (exact) mass is 390 g/mol. The van der Waals surface area contributed by atoms with Crippen LogP contribution in [0.5, 0.6) is 5.75 Å². The van der Waals surface area contributed by atoms with Gasteiger partial charge >= 0.3 is 0 Å². The molecule has 0 saturated carbocycles. The van der Waals surface area contributed by atoms with Crippen LogP contribution >= 0.6 is 0 Å². The van der Waals surface area contributed by atoms with Gasteiger partial charge in [0.25, 0.3) is 0 Å². The summed E-state index contributed by atoms with van der Waals surface area (Å²) in [6.07, 6.45) is 7.87. The molecule has 1 aromatic carbocycles. The van der Waals surface area contributed by atoms with Gasteiger partial charge in [-0.2, -0.15) is 5.10 Å². The van der Waals surface area contributed by atoms with Gasteiger partial charge in [0.15, 0.2) is 5.58 Å². The van der Waals surface area contributed by atoms with Crippen molar-refractivity contribution in [3.05, 3.63) is 42.9 Å². The lowest BCUT2D eigenvalue weighted by atomic mass is 10.1. The minimum Gasteiger partial charge on any atom is -0.497 e. The number of hydrogen-bond acceptors (Lipinski definition) is 7. The average Bonchev–Trinajstić information content (AvgIpc) is 3.41. The number of oxazole rings is 1. The Bertz CT molecular complexity index is 1160. The van der Waals surface area contributed by atoms with Crippen molar-refractivity contribution in [3.63, 3.8) is 0 Å². The number of anilines is 1. The summed E-state index contributed by atoms with van der Waals surface area (Å²) in [7, 11) is 1.62. The molecule has 4 heterocycles. The Hall–Kier alpha value is -3.39. The SMILES string of the molecule is COc1ccc2nc(-c3cc(-c4cnn(C5CCNCC5)c4)cnc3N)oc2c1. The van der Waals surface area contributed by atoms with Crippen LogP contribution < -0.4 is 15.8 Å². The number of pyridine rings is 1. The zero-order valence-corrected chi connectivity index (χ0v) is 16.1. The van der Waals surface area contributed by atoms with Gasteiger partial charge in [-0.1, -0.05) is 0 Å². The molecule has 8 nitrogen and oxygen atoms in total. The standard InChI is InChI=1S/C21H22N6O2/c1-28-16-2-3-18-19(9-16)29-21(26-18)17-8-13(10-24-20(17)22)14-11-25-27(12-14)15-4-6-23-7-5-15/h2-3,8-12,15,23H,4-7H2,1H3,(H2,22,24). The molecule has 29 heavy (non-hydrogen) atoms. The zero-order chi connectivity index (χ0) is 19.8. The van der Waals surface area contributed by atoms with Crippen molar-refractivity contribution in [2.45, 2.75) is 18.9 Å². The molecule has 3 N–H and O–H groups in total. The van der Waals surface area contributed by atoms with Crippen LogP contribution in [0.3, 0.4) is 0 Å². The molecule has 8 heteroatoms. The molecule has 0 radical (unpaired) electrons. The molecule has 0 unspecified atom stereocenters. The normalized spacial score (nSPS) is 15.1. The zero-order valence-electron chi connectivity index (χ0n) is 16.1. The maximum Gasteiger partial charge on any atom is 0.231 e. The molecular formula is C21H22N6O2. The van der Waals surface area contributed by atoms with E-state index in [4.69, 9.17) is 14.9 Å². The molecule has 5 rings (SSSR count). The maximum absolute atomic E-state index is 6.14. The van der Waals surface area contributed by atoms with Gasteiger partial charge in [-0.25, -0.2) is 9.97 Å². The van der Waals surface area contributed by atoms with E-state index in [9.17, 15) is 0 Å². The molecule has 0 atom stereocenters. The van der Waals surface area contributed by atoms with Crippen LogP contribution in [0, 0.1) is 0 Å². The lowest BCUT2D eigenvalue weighted by molar-refractivity contribution is 0.343. The fourth-order valence-corrected chi connectivity index (χ4v) is 3.71. The molecule has 0 bridgehead atoms. The molecule has 0 spiro atoms. The third-order valence-corrected chi connectivity index (χ3v) is 5.36. The number of fused-ring (bicyclic) bond motifs is 1. The predicted molar refractivity (Wildman–Crippen MR) is 111 cm³/mol. The van der Waals surface area contributed by atoms with E-state index in [0.29, 0.717) is 34.6 Å². The number of rotatable bonds is 4. The van der Waals surface area contributed by atoms with Crippen LogP contribution in [0.15, 0.2) is 47.3 Å². The van der Waals surface area contributed by atoms with Gasteiger partial charge in [-0.05, 0) is 44.1 Å². The Balaban J connectivity index is 1.50. The van der Waals surface area contributed by atoms with Gasteiger partial charge in [0, 0.05) is 29.6 Å². The second-order valence-corrected chi connectivity index (χ2v) is 7.20. The highest BCUT2D eigenvalue weighted by Crippen LogP contribution is 2.32. The van der Waals surface area contributed by atoms with E-state index in [1.165, 1.54) is 0 Å². The number of hydrogen-bond donors (Lipinski definition) is 2. The molecule has 0 amide bonds. The van der Waals surface area contributed by atoms with Crippen molar-refractivity contribution >= 4 is 16.9 Å². The number of methoxy groups -OCH3 is 1. The summed E-state index contributed by atoms with van der Waals surface area (Å²) in [4.78, 5) is 8.93. The quantitative estimate of drug-likeness (QED) is 0.551. The van der Waals surface area contributed by atoms with E-state index in [-0.39, 0.29) is 0 Å². The van der Waals surface area contributed by atoms with Crippen molar-refractivity contribution in [3.8, 4) is 28.3 Å². The Morgan fingerprint density at radius 3 is 2.86 bits per heavy atom. The number of nitrogens with one attached hydrogen (secondary N) is 1. The molecule has 1 aliphatic heterocycles. The van der Waals surface area contributed by atoms with E-state index < -0.39 is 0 Å². The molecule has 1 saturated heterocycles. The van der Waals surface area contributed by atoms with Gasteiger partial charge in [-0.15, -0.1) is 0 Å². The average molecular weight is 390 g/mol. The molecular weight excluding hydrogens is 368 g/mol. The fraction of sp³-hybridized carbons (Fsp3) is 0.286. The van der Waals surface area contributed by atoms with Gasteiger partial charge < -0.3 is 20.2 Å². The van der Waals surface area contributed by atoms with Crippen molar-refractivity contribution in [2.24, 2.45) is 0 Å². The fourth-order valence-electron chi connectivity index (χ4n) is 3.71. The van der Waals surface area contributed by atoms with Gasteiger partial charge in [-0.3, -0.25) is 4.68 Å². The summed E-state index contributed by atoms with van der Waals surface area (Å²) < 4.78 is 13.2. The molecule has 1 fully saturated rings. The number of ether oxygens (including phenoxy) is 1. The van der Waals surface area contributed by atoms with E-state index in [2.05, 4.69) is 31.3 Å². The maximum atomic E-state index is 6.14. The minimum atomic E-state index is 0.373. The predicted octanol–water partition coefficient (Wildman–Crippen LogP) is 3.27. The van der Waals surface area contributed by atoms with Crippen LogP contribution in [0.2, 0.25) is 0 Å². The second-order valence-electron chi connectivity index (χ2n) is 7.20. The summed E-state index contributed by atoms with van der Waals surface area (Å²) in [6, 6.07) is 7.90. The topological polar surface area (TPSA) is 104 Å². The van der Waals surface area contributed by atoms with E-state index in [1.54, 1.807) is 13.3 Å². The molecule has 3 aromatic heterocycles. The van der Waals surface area contributed by atoms with E-state index >= 15 is 0 Å². The summed E-state index contributed by atoms with van der Waals surface area (Å²) in [5.41, 5.74) is 10.1. The Kier molecular flexibility index (Phi) is 4.40. The highest BCUT2D eigenvalue weighted by atomic mass is 16.5.